The van der Waals surface area contributed by atoms with Crippen LogP contribution in [0, 0.1) is 0 Å². The maximum Gasteiger partial charge on any atom is 0.152 e. The van der Waals surface area contributed by atoms with Gasteiger partial charge in [-0.1, -0.05) is 50.3 Å². The van der Waals surface area contributed by atoms with Gasteiger partial charge in [0.05, 0.1) is 0 Å². The molecule has 0 bridgehead atoms. The highest BCUT2D eigenvalue weighted by Crippen LogP contribution is 2.18. The fraction of sp³-hybridized carbons (Fsp3) is 0.278. The molecule has 0 fully saturated rings. The molecule has 0 aliphatic rings. The van der Waals surface area contributed by atoms with Gasteiger partial charge in [-0.2, -0.15) is 5.10 Å². The van der Waals surface area contributed by atoms with Crippen molar-refractivity contribution in [3.8, 4) is 0 Å². The third-order valence-electron chi connectivity index (χ3n) is 3.13. The molecule has 0 radical (unpaired) electrons. The highest BCUT2D eigenvalue weighted by molar-refractivity contribution is 5.78. The Kier molecular flexibility index (Phi) is 5.86. The minimum Gasteiger partial charge on any atom is -0.363 e. The first-order chi connectivity index (χ1) is 11.1. The first-order valence-electron chi connectivity index (χ1n) is 7.63. The predicted octanol–water partition coefficient (Wildman–Crippen LogP) is 3.78. The van der Waals surface area contributed by atoms with Gasteiger partial charge >= 0.3 is 0 Å². The second-order valence-electron chi connectivity index (χ2n) is 5.68. The Morgan fingerprint density at radius 3 is 2.52 bits per heavy atom. The van der Waals surface area contributed by atoms with E-state index in [9.17, 15) is 0 Å². The number of hydrazone groups is 1. The number of aromatic nitrogens is 2. The largest absolute Gasteiger partial charge is 0.363 e. The van der Waals surface area contributed by atoms with E-state index >= 15 is 0 Å². The van der Waals surface area contributed by atoms with Crippen molar-refractivity contribution < 1.29 is 0 Å². The monoisotopic (exact) mass is 309 g/mol. The maximum atomic E-state index is 4.53. The summed E-state index contributed by atoms with van der Waals surface area (Å²) in [6.07, 6.45) is 5.59. The molecule has 1 aromatic carbocycles. The molecular weight excluding hydrogens is 286 g/mol. The summed E-state index contributed by atoms with van der Waals surface area (Å²) in [4.78, 5) is 11.0. The Morgan fingerprint density at radius 2 is 1.87 bits per heavy atom. The number of nitrogens with one attached hydrogen (secondary N) is 1. The summed E-state index contributed by atoms with van der Waals surface area (Å²) in [6, 6.07) is 12.0. The van der Waals surface area contributed by atoms with Crippen molar-refractivity contribution in [2.75, 3.05) is 24.4 Å². The first kappa shape index (κ1) is 16.7. The van der Waals surface area contributed by atoms with Crippen molar-refractivity contribution in [3.63, 3.8) is 0 Å². The van der Waals surface area contributed by atoms with Gasteiger partial charge in [0.1, 0.15) is 11.6 Å². The standard InChI is InChI=1S/C18H23N5/c1-14(2)18-20-16(13-17(21-18)23(3)4)22-19-12-8-11-15-9-6-5-7-10-15/h5-14H,1-4H3,(H,20,21,22)/b11-8+,19-12+. The van der Waals surface area contributed by atoms with Crippen molar-refractivity contribution >= 4 is 23.9 Å². The molecule has 5 heteroatoms. The van der Waals surface area contributed by atoms with Gasteiger partial charge in [-0.25, -0.2) is 9.97 Å². The summed E-state index contributed by atoms with van der Waals surface area (Å²) >= 11 is 0. The Bertz CT molecular complexity index is 649. The van der Waals surface area contributed by atoms with Crippen LogP contribution in [0.1, 0.15) is 31.2 Å². The molecule has 1 heterocycles. The zero-order chi connectivity index (χ0) is 16.7. The van der Waals surface area contributed by atoms with Gasteiger partial charge in [-0.05, 0) is 11.6 Å². The van der Waals surface area contributed by atoms with Crippen LogP contribution in [-0.4, -0.2) is 30.3 Å². The third kappa shape index (κ3) is 5.21. The molecule has 2 aromatic rings. The molecule has 120 valence electrons. The van der Waals surface area contributed by atoms with Crippen molar-refractivity contribution in [1.29, 1.82) is 0 Å². The molecule has 2 rings (SSSR count). The Balaban J connectivity index is 2.04. The van der Waals surface area contributed by atoms with E-state index in [0.29, 0.717) is 5.82 Å². The van der Waals surface area contributed by atoms with Crippen LogP contribution < -0.4 is 10.3 Å². The van der Waals surface area contributed by atoms with Gasteiger partial charge in [0, 0.05) is 32.3 Å². The lowest BCUT2D eigenvalue weighted by atomic mass is 10.2. The second kappa shape index (κ2) is 8.08. The topological polar surface area (TPSA) is 53.4 Å². The average Bonchev–Trinajstić information content (AvgIpc) is 2.55. The predicted molar refractivity (Wildman–Crippen MR) is 98.0 cm³/mol. The van der Waals surface area contributed by atoms with Crippen LogP contribution in [0.3, 0.4) is 0 Å². The molecular formula is C18H23N5. The smallest absolute Gasteiger partial charge is 0.152 e. The summed E-state index contributed by atoms with van der Waals surface area (Å²) in [5, 5.41) is 4.19. The molecule has 5 nitrogen and oxygen atoms in total. The molecule has 1 aromatic heterocycles. The number of hydrogen-bond donors (Lipinski definition) is 1. The Hall–Kier alpha value is -2.69. The number of anilines is 2. The first-order valence-corrected chi connectivity index (χ1v) is 7.63. The maximum absolute atomic E-state index is 4.53. The number of allylic oxidation sites excluding steroid dienone is 1. The van der Waals surface area contributed by atoms with Crippen LogP contribution in [0.25, 0.3) is 6.08 Å². The fourth-order valence-electron chi connectivity index (χ4n) is 1.86. The Morgan fingerprint density at radius 1 is 1.13 bits per heavy atom. The highest BCUT2D eigenvalue weighted by Gasteiger charge is 2.08. The van der Waals surface area contributed by atoms with E-state index in [4.69, 9.17) is 0 Å². The second-order valence-corrected chi connectivity index (χ2v) is 5.68. The lowest BCUT2D eigenvalue weighted by Crippen LogP contribution is -2.13. The normalized spacial score (nSPS) is 11.5. The Labute approximate surface area is 137 Å². The zero-order valence-corrected chi connectivity index (χ0v) is 14.1. The van der Waals surface area contributed by atoms with Crippen LogP contribution >= 0.6 is 0 Å². The van der Waals surface area contributed by atoms with E-state index in [-0.39, 0.29) is 5.92 Å². The van der Waals surface area contributed by atoms with Crippen LogP contribution in [0.2, 0.25) is 0 Å². The summed E-state index contributed by atoms with van der Waals surface area (Å²) in [5.74, 6) is 2.61. The molecule has 0 saturated heterocycles. The fourth-order valence-corrected chi connectivity index (χ4v) is 1.86. The molecule has 0 aliphatic carbocycles. The number of hydrogen-bond acceptors (Lipinski definition) is 5. The molecule has 0 unspecified atom stereocenters. The van der Waals surface area contributed by atoms with Crippen LogP contribution in [0.15, 0.2) is 47.6 Å². The highest BCUT2D eigenvalue weighted by atomic mass is 15.3. The van der Waals surface area contributed by atoms with E-state index in [1.54, 1.807) is 6.21 Å². The van der Waals surface area contributed by atoms with Gasteiger partial charge in [-0.15, -0.1) is 0 Å². The third-order valence-corrected chi connectivity index (χ3v) is 3.13. The average molecular weight is 309 g/mol. The minimum atomic E-state index is 0.261. The van der Waals surface area contributed by atoms with Crippen LogP contribution in [-0.2, 0) is 0 Å². The van der Waals surface area contributed by atoms with Crippen LogP contribution in [0.4, 0.5) is 11.6 Å². The van der Waals surface area contributed by atoms with Crippen molar-refractivity contribution in [1.82, 2.24) is 9.97 Å². The van der Waals surface area contributed by atoms with E-state index in [1.165, 1.54) is 0 Å². The van der Waals surface area contributed by atoms with E-state index in [1.807, 2.05) is 67.5 Å². The molecule has 0 atom stereocenters. The zero-order valence-electron chi connectivity index (χ0n) is 14.1. The van der Waals surface area contributed by atoms with Gasteiger partial charge in [-0.3, -0.25) is 5.43 Å². The number of benzene rings is 1. The van der Waals surface area contributed by atoms with Crippen molar-refractivity contribution in [2.45, 2.75) is 19.8 Å². The lowest BCUT2D eigenvalue weighted by molar-refractivity contribution is 0.771. The van der Waals surface area contributed by atoms with Gasteiger partial charge < -0.3 is 4.90 Å². The van der Waals surface area contributed by atoms with E-state index in [2.05, 4.69) is 34.3 Å². The summed E-state index contributed by atoms with van der Waals surface area (Å²) in [6.45, 7) is 4.15. The quantitative estimate of drug-likeness (QED) is 0.652. The minimum absolute atomic E-state index is 0.261. The molecule has 0 aliphatic heterocycles. The molecule has 0 amide bonds. The van der Waals surface area contributed by atoms with Crippen LogP contribution in [0.5, 0.6) is 0 Å². The van der Waals surface area contributed by atoms with E-state index < -0.39 is 0 Å². The number of nitrogens with zero attached hydrogens (tertiary/aromatic N) is 4. The summed E-state index contributed by atoms with van der Waals surface area (Å²) in [7, 11) is 3.92. The van der Waals surface area contributed by atoms with Gasteiger partial charge in [0.25, 0.3) is 0 Å². The molecule has 0 spiro atoms. The lowest BCUT2D eigenvalue weighted by Gasteiger charge is -2.15. The molecule has 23 heavy (non-hydrogen) atoms. The van der Waals surface area contributed by atoms with Crippen molar-refractivity contribution in [3.05, 3.63) is 53.9 Å². The number of rotatable bonds is 6. The summed E-state index contributed by atoms with van der Waals surface area (Å²) in [5.41, 5.74) is 4.10. The summed E-state index contributed by atoms with van der Waals surface area (Å²) < 4.78 is 0. The van der Waals surface area contributed by atoms with E-state index in [0.717, 1.165) is 17.2 Å². The molecule has 1 N–H and O–H groups in total. The van der Waals surface area contributed by atoms with Gasteiger partial charge in [0.2, 0.25) is 0 Å². The molecule has 0 saturated carbocycles. The van der Waals surface area contributed by atoms with Crippen molar-refractivity contribution in [2.24, 2.45) is 5.10 Å². The SMILES string of the molecule is CC(C)c1nc(N/N=C/C=C/c2ccccc2)cc(N(C)C)n1. The van der Waals surface area contributed by atoms with Gasteiger partial charge in [0.15, 0.2) is 5.82 Å².